The van der Waals surface area contributed by atoms with E-state index in [1.54, 1.807) is 0 Å². The third-order valence-corrected chi connectivity index (χ3v) is 2.25. The van der Waals surface area contributed by atoms with Crippen molar-refractivity contribution >= 4 is 17.6 Å². The number of anilines is 1. The predicted octanol–water partition coefficient (Wildman–Crippen LogP) is 0.496. The van der Waals surface area contributed by atoms with E-state index in [4.69, 9.17) is 5.11 Å². The molecule has 5 nitrogen and oxygen atoms in total. The standard InChI is InChI=1S/C12H16N2O3/c1-14(2)10-5-3-9(4-6-10)7-11(15)13-8-12(16)17/h3-6H,7-8H2,1-2H3,(H,13,15)(H,16,17). The Bertz CT molecular complexity index is 399. The summed E-state index contributed by atoms with van der Waals surface area (Å²) < 4.78 is 0. The highest BCUT2D eigenvalue weighted by Crippen LogP contribution is 2.12. The maximum Gasteiger partial charge on any atom is 0.322 e. The molecule has 0 bridgehead atoms. The molecule has 0 saturated carbocycles. The van der Waals surface area contributed by atoms with Gasteiger partial charge in [-0.05, 0) is 17.7 Å². The number of aliphatic carboxylic acids is 1. The lowest BCUT2D eigenvalue weighted by Gasteiger charge is -2.12. The molecule has 92 valence electrons. The number of nitrogens with zero attached hydrogens (tertiary/aromatic N) is 1. The summed E-state index contributed by atoms with van der Waals surface area (Å²) in [5, 5.41) is 10.7. The van der Waals surface area contributed by atoms with E-state index in [2.05, 4.69) is 5.32 Å². The second-order valence-corrected chi connectivity index (χ2v) is 3.91. The summed E-state index contributed by atoms with van der Waals surface area (Å²) in [7, 11) is 3.88. The van der Waals surface area contributed by atoms with Gasteiger partial charge in [0.1, 0.15) is 6.54 Å². The molecule has 1 rings (SSSR count). The van der Waals surface area contributed by atoms with Crippen molar-refractivity contribution < 1.29 is 14.7 Å². The summed E-state index contributed by atoms with van der Waals surface area (Å²) in [6, 6.07) is 7.55. The van der Waals surface area contributed by atoms with Gasteiger partial charge in [-0.1, -0.05) is 12.1 Å². The first-order valence-electron chi connectivity index (χ1n) is 5.24. The van der Waals surface area contributed by atoms with Crippen molar-refractivity contribution in [3.8, 4) is 0 Å². The second kappa shape index (κ2) is 5.89. The van der Waals surface area contributed by atoms with Crippen LogP contribution in [0.1, 0.15) is 5.56 Å². The summed E-state index contributed by atoms with van der Waals surface area (Å²) >= 11 is 0. The van der Waals surface area contributed by atoms with Gasteiger partial charge in [-0.15, -0.1) is 0 Å². The van der Waals surface area contributed by atoms with Crippen LogP contribution in [0.15, 0.2) is 24.3 Å². The van der Waals surface area contributed by atoms with Crippen molar-refractivity contribution in [1.82, 2.24) is 5.32 Å². The van der Waals surface area contributed by atoms with E-state index in [9.17, 15) is 9.59 Å². The second-order valence-electron chi connectivity index (χ2n) is 3.91. The molecule has 1 amide bonds. The molecule has 0 aliphatic heterocycles. The van der Waals surface area contributed by atoms with Crippen LogP contribution in [0.25, 0.3) is 0 Å². The van der Waals surface area contributed by atoms with E-state index in [0.717, 1.165) is 11.3 Å². The number of amides is 1. The molecule has 0 atom stereocenters. The summed E-state index contributed by atoms with van der Waals surface area (Å²) in [6.07, 6.45) is 0.195. The Labute approximate surface area is 100 Å². The molecular weight excluding hydrogens is 220 g/mol. The van der Waals surface area contributed by atoms with Crippen molar-refractivity contribution in [2.45, 2.75) is 6.42 Å². The fraction of sp³-hybridized carbons (Fsp3) is 0.333. The molecule has 0 aliphatic carbocycles. The van der Waals surface area contributed by atoms with Gasteiger partial charge in [-0.3, -0.25) is 9.59 Å². The van der Waals surface area contributed by atoms with E-state index in [0.29, 0.717) is 0 Å². The fourth-order valence-corrected chi connectivity index (χ4v) is 1.33. The van der Waals surface area contributed by atoms with Gasteiger partial charge < -0.3 is 15.3 Å². The summed E-state index contributed by atoms with van der Waals surface area (Å²) in [4.78, 5) is 23.6. The number of benzene rings is 1. The van der Waals surface area contributed by atoms with Crippen LogP contribution in [0.2, 0.25) is 0 Å². The van der Waals surface area contributed by atoms with Crippen LogP contribution in [0, 0.1) is 0 Å². The summed E-state index contributed by atoms with van der Waals surface area (Å²) in [5.41, 5.74) is 1.91. The third-order valence-electron chi connectivity index (χ3n) is 2.25. The molecule has 1 aromatic carbocycles. The zero-order chi connectivity index (χ0) is 12.8. The lowest BCUT2D eigenvalue weighted by atomic mass is 10.1. The van der Waals surface area contributed by atoms with Crippen LogP contribution in [0.4, 0.5) is 5.69 Å². The average Bonchev–Trinajstić information content (AvgIpc) is 2.27. The Morgan fingerprint density at radius 2 is 1.82 bits per heavy atom. The number of carboxylic acids is 1. The molecular formula is C12H16N2O3. The highest BCUT2D eigenvalue weighted by atomic mass is 16.4. The van der Waals surface area contributed by atoms with Crippen LogP contribution >= 0.6 is 0 Å². The Morgan fingerprint density at radius 3 is 2.29 bits per heavy atom. The maximum atomic E-state index is 11.4. The number of carboxylic acid groups (broad SMARTS) is 1. The van der Waals surface area contributed by atoms with Crippen molar-refractivity contribution in [3.63, 3.8) is 0 Å². The molecule has 17 heavy (non-hydrogen) atoms. The molecule has 0 saturated heterocycles. The van der Waals surface area contributed by atoms with Gasteiger partial charge >= 0.3 is 5.97 Å². The molecule has 2 N–H and O–H groups in total. The predicted molar refractivity (Wildman–Crippen MR) is 65.1 cm³/mol. The minimum Gasteiger partial charge on any atom is -0.480 e. The fourth-order valence-electron chi connectivity index (χ4n) is 1.33. The molecule has 0 radical (unpaired) electrons. The Balaban J connectivity index is 2.51. The molecule has 5 heteroatoms. The van der Waals surface area contributed by atoms with Crippen molar-refractivity contribution in [2.24, 2.45) is 0 Å². The topological polar surface area (TPSA) is 69.6 Å². The maximum absolute atomic E-state index is 11.4. The monoisotopic (exact) mass is 236 g/mol. The largest absolute Gasteiger partial charge is 0.480 e. The number of rotatable bonds is 5. The highest BCUT2D eigenvalue weighted by Gasteiger charge is 2.05. The van der Waals surface area contributed by atoms with Crippen molar-refractivity contribution in [3.05, 3.63) is 29.8 Å². The van der Waals surface area contributed by atoms with Gasteiger partial charge in [0.2, 0.25) is 5.91 Å². The van der Waals surface area contributed by atoms with Crippen molar-refractivity contribution in [1.29, 1.82) is 0 Å². The van der Waals surface area contributed by atoms with Gasteiger partial charge in [0.05, 0.1) is 6.42 Å². The van der Waals surface area contributed by atoms with Gasteiger partial charge in [0.15, 0.2) is 0 Å². The van der Waals surface area contributed by atoms with E-state index in [-0.39, 0.29) is 18.9 Å². The first kappa shape index (κ1) is 13.0. The van der Waals surface area contributed by atoms with Gasteiger partial charge in [-0.2, -0.15) is 0 Å². The van der Waals surface area contributed by atoms with Crippen LogP contribution in [0.3, 0.4) is 0 Å². The number of nitrogens with one attached hydrogen (secondary N) is 1. The zero-order valence-corrected chi connectivity index (χ0v) is 9.93. The molecule has 0 aromatic heterocycles. The number of carbonyl (C=O) groups excluding carboxylic acids is 1. The molecule has 0 heterocycles. The normalized spacial score (nSPS) is 9.76. The Morgan fingerprint density at radius 1 is 1.24 bits per heavy atom. The van der Waals surface area contributed by atoms with Crippen molar-refractivity contribution in [2.75, 3.05) is 25.5 Å². The van der Waals surface area contributed by atoms with Crippen LogP contribution < -0.4 is 10.2 Å². The lowest BCUT2D eigenvalue weighted by Crippen LogP contribution is -2.30. The van der Waals surface area contributed by atoms with E-state index < -0.39 is 5.97 Å². The summed E-state index contributed by atoms with van der Waals surface area (Å²) in [6.45, 7) is -0.339. The zero-order valence-electron chi connectivity index (χ0n) is 9.93. The smallest absolute Gasteiger partial charge is 0.322 e. The van der Waals surface area contributed by atoms with Crippen LogP contribution in [0.5, 0.6) is 0 Å². The first-order chi connectivity index (χ1) is 7.99. The van der Waals surface area contributed by atoms with Gasteiger partial charge in [-0.25, -0.2) is 0 Å². The van der Waals surface area contributed by atoms with Crippen LogP contribution in [-0.2, 0) is 16.0 Å². The van der Waals surface area contributed by atoms with E-state index >= 15 is 0 Å². The highest BCUT2D eigenvalue weighted by molar-refractivity contribution is 5.82. The van der Waals surface area contributed by atoms with Crippen LogP contribution in [-0.4, -0.2) is 37.6 Å². The Hall–Kier alpha value is -2.04. The molecule has 0 unspecified atom stereocenters. The molecule has 0 spiro atoms. The average molecular weight is 236 g/mol. The third kappa shape index (κ3) is 4.55. The Kier molecular flexibility index (Phi) is 4.51. The number of carbonyl (C=O) groups is 2. The van der Waals surface area contributed by atoms with E-state index in [1.165, 1.54) is 0 Å². The number of hydrogen-bond donors (Lipinski definition) is 2. The molecule has 0 aliphatic rings. The SMILES string of the molecule is CN(C)c1ccc(CC(=O)NCC(=O)O)cc1. The quantitative estimate of drug-likeness (QED) is 0.781. The van der Waals surface area contributed by atoms with E-state index in [1.807, 2.05) is 43.3 Å². The minimum atomic E-state index is -1.04. The lowest BCUT2D eigenvalue weighted by molar-refractivity contribution is -0.137. The minimum absolute atomic E-state index is 0.195. The van der Waals surface area contributed by atoms with Gasteiger partial charge in [0, 0.05) is 19.8 Å². The molecule has 1 aromatic rings. The van der Waals surface area contributed by atoms with Gasteiger partial charge in [0.25, 0.3) is 0 Å². The number of hydrogen-bond acceptors (Lipinski definition) is 3. The molecule has 0 fully saturated rings. The summed E-state index contributed by atoms with van der Waals surface area (Å²) in [5.74, 6) is -1.33. The first-order valence-corrected chi connectivity index (χ1v) is 5.24.